The van der Waals surface area contributed by atoms with E-state index in [0.29, 0.717) is 25.7 Å². The molecular weight excluding hydrogens is 258 g/mol. The number of piperidine rings is 1. The Balaban J connectivity index is 1.84. The zero-order chi connectivity index (χ0) is 14.8. The Bertz CT molecular complexity index is 380. The highest BCUT2D eigenvalue weighted by Gasteiger charge is 2.46. The van der Waals surface area contributed by atoms with E-state index in [-0.39, 0.29) is 17.9 Å². The molecule has 0 saturated carbocycles. The third-order valence-corrected chi connectivity index (χ3v) is 4.55. The largest absolute Gasteiger partial charge is 0.379 e. The summed E-state index contributed by atoms with van der Waals surface area (Å²) in [5, 5.41) is 2.85. The molecule has 0 aromatic carbocycles. The van der Waals surface area contributed by atoms with Crippen molar-refractivity contribution in [2.24, 2.45) is 17.1 Å². The number of carbonyl (C=O) groups is 2. The van der Waals surface area contributed by atoms with E-state index in [1.165, 1.54) is 6.92 Å². The fourth-order valence-electron chi connectivity index (χ4n) is 2.90. The number of nitrogens with zero attached hydrogens (tertiary/aromatic N) is 1. The molecule has 2 heterocycles. The number of hydrogen-bond acceptors (Lipinski definition) is 4. The van der Waals surface area contributed by atoms with Gasteiger partial charge in [-0.3, -0.25) is 9.59 Å². The normalized spacial score (nSPS) is 31.4. The fraction of sp³-hybridized carbons (Fsp3) is 0.857. The molecule has 0 spiro atoms. The van der Waals surface area contributed by atoms with Gasteiger partial charge in [-0.1, -0.05) is 0 Å². The van der Waals surface area contributed by atoms with Crippen molar-refractivity contribution in [1.82, 2.24) is 10.2 Å². The van der Waals surface area contributed by atoms with Gasteiger partial charge in [0.1, 0.15) is 0 Å². The van der Waals surface area contributed by atoms with Crippen LogP contribution in [0.15, 0.2) is 0 Å². The van der Waals surface area contributed by atoms with Crippen molar-refractivity contribution in [3.63, 3.8) is 0 Å². The molecule has 6 nitrogen and oxygen atoms in total. The number of carbonyl (C=O) groups excluding carboxylic acids is 2. The average molecular weight is 283 g/mol. The minimum absolute atomic E-state index is 0.00472. The van der Waals surface area contributed by atoms with Crippen LogP contribution in [0.25, 0.3) is 0 Å². The molecule has 114 valence electrons. The second kappa shape index (κ2) is 6.10. The van der Waals surface area contributed by atoms with Crippen molar-refractivity contribution in [1.29, 1.82) is 0 Å². The van der Waals surface area contributed by atoms with Gasteiger partial charge in [0, 0.05) is 32.6 Å². The van der Waals surface area contributed by atoms with Gasteiger partial charge in [-0.25, -0.2) is 0 Å². The predicted octanol–water partition coefficient (Wildman–Crippen LogP) is -0.275. The van der Waals surface area contributed by atoms with Gasteiger partial charge in [-0.2, -0.15) is 0 Å². The van der Waals surface area contributed by atoms with Crippen LogP contribution in [0.3, 0.4) is 0 Å². The summed E-state index contributed by atoms with van der Waals surface area (Å²) < 4.78 is 5.35. The topological polar surface area (TPSA) is 84.7 Å². The molecule has 2 rings (SSSR count). The highest BCUT2D eigenvalue weighted by molar-refractivity contribution is 5.83. The molecule has 2 unspecified atom stereocenters. The Morgan fingerprint density at radius 2 is 2.05 bits per heavy atom. The number of amides is 2. The molecule has 2 fully saturated rings. The van der Waals surface area contributed by atoms with Gasteiger partial charge in [0.2, 0.25) is 11.8 Å². The van der Waals surface area contributed by atoms with Crippen LogP contribution in [-0.4, -0.2) is 55.6 Å². The van der Waals surface area contributed by atoms with Gasteiger partial charge in [0.25, 0.3) is 0 Å². The summed E-state index contributed by atoms with van der Waals surface area (Å²) in [5.41, 5.74) is 5.43. The number of ether oxygens (including phenoxy) is 1. The molecule has 2 aliphatic heterocycles. The molecule has 0 bridgehead atoms. The second-order valence-corrected chi connectivity index (χ2v) is 6.21. The highest BCUT2D eigenvalue weighted by Crippen LogP contribution is 2.31. The number of nitrogens with one attached hydrogen (secondary N) is 1. The summed E-state index contributed by atoms with van der Waals surface area (Å²) in [5.74, 6) is 0.579. The smallest absolute Gasteiger partial charge is 0.232 e. The minimum Gasteiger partial charge on any atom is -0.379 e. The second-order valence-electron chi connectivity index (χ2n) is 6.21. The van der Waals surface area contributed by atoms with Crippen LogP contribution < -0.4 is 11.1 Å². The van der Waals surface area contributed by atoms with E-state index in [9.17, 15) is 9.59 Å². The van der Waals surface area contributed by atoms with Gasteiger partial charge in [-0.05, 0) is 25.7 Å². The molecule has 2 aliphatic rings. The number of rotatable bonds is 3. The van der Waals surface area contributed by atoms with Crippen molar-refractivity contribution in [3.05, 3.63) is 0 Å². The molecule has 0 aromatic rings. The molecule has 0 radical (unpaired) electrons. The van der Waals surface area contributed by atoms with E-state index in [1.54, 1.807) is 0 Å². The Morgan fingerprint density at radius 1 is 1.40 bits per heavy atom. The van der Waals surface area contributed by atoms with Crippen LogP contribution in [0.2, 0.25) is 0 Å². The van der Waals surface area contributed by atoms with Crippen molar-refractivity contribution in [2.45, 2.75) is 32.7 Å². The highest BCUT2D eigenvalue weighted by atomic mass is 16.5. The lowest BCUT2D eigenvalue weighted by atomic mass is 9.83. The van der Waals surface area contributed by atoms with E-state index < -0.39 is 5.41 Å². The van der Waals surface area contributed by atoms with Crippen molar-refractivity contribution >= 4 is 11.8 Å². The number of hydrogen-bond donors (Lipinski definition) is 2. The molecule has 3 N–H and O–H groups in total. The van der Waals surface area contributed by atoms with Crippen LogP contribution >= 0.6 is 0 Å². The Labute approximate surface area is 120 Å². The monoisotopic (exact) mass is 283 g/mol. The summed E-state index contributed by atoms with van der Waals surface area (Å²) in [6, 6.07) is -0.216. The minimum atomic E-state index is -0.579. The van der Waals surface area contributed by atoms with E-state index >= 15 is 0 Å². The standard InChI is InChI=1S/C14H25N3O3/c1-10(18)16-7-11-3-5-17(6-4-11)13(19)14(2)9-20-8-12(14)15/h11-12H,3-9,15H2,1-2H3,(H,16,18). The Hall–Kier alpha value is -1.14. The molecule has 6 heteroatoms. The summed E-state index contributed by atoms with van der Waals surface area (Å²) in [6.07, 6.45) is 1.86. The van der Waals surface area contributed by atoms with Crippen molar-refractivity contribution in [2.75, 3.05) is 32.8 Å². The maximum absolute atomic E-state index is 12.6. The van der Waals surface area contributed by atoms with Crippen LogP contribution in [0.1, 0.15) is 26.7 Å². The first-order chi connectivity index (χ1) is 9.43. The van der Waals surface area contributed by atoms with Crippen LogP contribution in [0, 0.1) is 11.3 Å². The fourth-order valence-corrected chi connectivity index (χ4v) is 2.90. The first-order valence-electron chi connectivity index (χ1n) is 7.30. The van der Waals surface area contributed by atoms with Crippen LogP contribution in [0.5, 0.6) is 0 Å². The molecule has 0 aromatic heterocycles. The lowest BCUT2D eigenvalue weighted by Gasteiger charge is -2.37. The quantitative estimate of drug-likeness (QED) is 0.746. The third-order valence-electron chi connectivity index (χ3n) is 4.55. The molecular formula is C14H25N3O3. The number of nitrogens with two attached hydrogens (primary N) is 1. The van der Waals surface area contributed by atoms with Gasteiger partial charge in [-0.15, -0.1) is 0 Å². The summed E-state index contributed by atoms with van der Waals surface area (Å²) in [7, 11) is 0. The van der Waals surface area contributed by atoms with Gasteiger partial charge in [0.15, 0.2) is 0 Å². The average Bonchev–Trinajstić information content (AvgIpc) is 2.77. The first kappa shape index (κ1) is 15.3. The summed E-state index contributed by atoms with van der Waals surface area (Å²) >= 11 is 0. The van der Waals surface area contributed by atoms with E-state index in [2.05, 4.69) is 5.32 Å². The molecule has 2 saturated heterocycles. The maximum Gasteiger partial charge on any atom is 0.232 e. The van der Waals surface area contributed by atoms with Crippen LogP contribution in [-0.2, 0) is 14.3 Å². The molecule has 20 heavy (non-hydrogen) atoms. The Kier molecular flexibility index (Phi) is 4.65. The van der Waals surface area contributed by atoms with E-state index in [1.807, 2.05) is 11.8 Å². The first-order valence-corrected chi connectivity index (χ1v) is 7.30. The van der Waals surface area contributed by atoms with Crippen molar-refractivity contribution in [3.8, 4) is 0 Å². The zero-order valence-electron chi connectivity index (χ0n) is 12.4. The predicted molar refractivity (Wildman–Crippen MR) is 74.9 cm³/mol. The number of likely N-dealkylation sites (tertiary alicyclic amines) is 1. The van der Waals surface area contributed by atoms with Gasteiger partial charge in [0.05, 0.1) is 18.6 Å². The van der Waals surface area contributed by atoms with Gasteiger partial charge < -0.3 is 20.7 Å². The molecule has 0 aliphatic carbocycles. The zero-order valence-corrected chi connectivity index (χ0v) is 12.4. The SMILES string of the molecule is CC(=O)NCC1CCN(C(=O)C2(C)COCC2N)CC1. The summed E-state index contributed by atoms with van der Waals surface area (Å²) in [4.78, 5) is 25.4. The van der Waals surface area contributed by atoms with E-state index in [4.69, 9.17) is 10.5 Å². The lowest BCUT2D eigenvalue weighted by Crippen LogP contribution is -2.53. The Morgan fingerprint density at radius 3 is 2.55 bits per heavy atom. The maximum atomic E-state index is 12.6. The summed E-state index contributed by atoms with van der Waals surface area (Å²) in [6.45, 7) is 6.49. The van der Waals surface area contributed by atoms with Crippen LogP contribution in [0.4, 0.5) is 0 Å². The molecule has 2 amide bonds. The third kappa shape index (κ3) is 3.12. The van der Waals surface area contributed by atoms with E-state index in [0.717, 1.165) is 25.9 Å². The molecule has 2 atom stereocenters. The van der Waals surface area contributed by atoms with Gasteiger partial charge >= 0.3 is 0 Å². The van der Waals surface area contributed by atoms with Crippen molar-refractivity contribution < 1.29 is 14.3 Å². The lowest BCUT2D eigenvalue weighted by molar-refractivity contribution is -0.143.